The third-order valence-electron chi connectivity index (χ3n) is 6.66. The van der Waals surface area contributed by atoms with Crippen molar-refractivity contribution in [2.75, 3.05) is 4.90 Å². The van der Waals surface area contributed by atoms with Crippen LogP contribution in [0.1, 0.15) is 22.0 Å². The van der Waals surface area contributed by atoms with Crippen LogP contribution in [0.2, 0.25) is 0 Å². The Morgan fingerprint density at radius 3 is 2.06 bits per heavy atom. The molecule has 0 aromatic heterocycles. The van der Waals surface area contributed by atoms with Gasteiger partial charge in [-0.2, -0.15) is 0 Å². The Labute approximate surface area is 205 Å². The van der Waals surface area contributed by atoms with Crippen LogP contribution >= 0.6 is 0 Å². The number of nitro benzene ring substituents is 1. The molecule has 2 saturated heterocycles. The smallest absolute Gasteiger partial charge is 0.271 e. The molecule has 2 N–H and O–H groups in total. The van der Waals surface area contributed by atoms with Crippen LogP contribution in [0, 0.1) is 22.0 Å². The van der Waals surface area contributed by atoms with Crippen molar-refractivity contribution in [1.29, 1.82) is 0 Å². The molecule has 3 aromatic carbocycles. The van der Waals surface area contributed by atoms with Gasteiger partial charge in [-0.05, 0) is 23.8 Å². The van der Waals surface area contributed by atoms with E-state index in [9.17, 15) is 29.3 Å². The molecular formula is C26H20N4O6. The number of benzene rings is 3. The van der Waals surface area contributed by atoms with E-state index in [1.54, 1.807) is 60.7 Å². The molecule has 0 aliphatic carbocycles. The highest BCUT2D eigenvalue weighted by Crippen LogP contribution is 2.51. The van der Waals surface area contributed by atoms with Gasteiger partial charge in [0.1, 0.15) is 6.04 Å². The normalized spacial score (nSPS) is 23.0. The minimum atomic E-state index is -1.40. The van der Waals surface area contributed by atoms with Gasteiger partial charge in [0.2, 0.25) is 17.7 Å². The van der Waals surface area contributed by atoms with Crippen molar-refractivity contribution in [3.63, 3.8) is 0 Å². The molecule has 4 atom stereocenters. The Kier molecular flexibility index (Phi) is 5.56. The highest BCUT2D eigenvalue weighted by molar-refractivity contribution is 6.24. The number of fused-ring (bicyclic) bond motifs is 1. The number of hydrogen-bond acceptors (Lipinski definition) is 6. The first-order valence-corrected chi connectivity index (χ1v) is 11.2. The van der Waals surface area contributed by atoms with Crippen molar-refractivity contribution in [1.82, 2.24) is 4.90 Å². The van der Waals surface area contributed by atoms with Gasteiger partial charge in [0.05, 0.1) is 28.5 Å². The van der Waals surface area contributed by atoms with Gasteiger partial charge in [0, 0.05) is 17.7 Å². The molecule has 3 aromatic rings. The van der Waals surface area contributed by atoms with Gasteiger partial charge in [0.15, 0.2) is 0 Å². The number of nitrogens with two attached hydrogens (primary N) is 1. The average molecular weight is 484 g/mol. The molecule has 2 fully saturated rings. The summed E-state index contributed by atoms with van der Waals surface area (Å²) in [4.78, 5) is 66.6. The fourth-order valence-electron chi connectivity index (χ4n) is 5.21. The second-order valence-corrected chi connectivity index (χ2v) is 8.62. The molecule has 2 heterocycles. The first-order valence-electron chi connectivity index (χ1n) is 11.2. The quantitative estimate of drug-likeness (QED) is 0.335. The number of amides is 4. The molecule has 10 nitrogen and oxygen atoms in total. The van der Waals surface area contributed by atoms with Crippen LogP contribution in [0.3, 0.4) is 0 Å². The summed E-state index contributed by atoms with van der Waals surface area (Å²) in [6, 6.07) is 19.7. The summed E-state index contributed by atoms with van der Waals surface area (Å²) in [5.41, 5.74) is 6.31. The second-order valence-electron chi connectivity index (χ2n) is 8.62. The summed E-state index contributed by atoms with van der Waals surface area (Å²) >= 11 is 0. The van der Waals surface area contributed by atoms with E-state index in [1.807, 2.05) is 0 Å². The van der Waals surface area contributed by atoms with E-state index >= 15 is 0 Å². The lowest BCUT2D eigenvalue weighted by molar-refractivity contribution is -0.384. The van der Waals surface area contributed by atoms with Gasteiger partial charge >= 0.3 is 0 Å². The SMILES string of the molecule is NC(=O)C1C2C(=O)N(c3cccc([N+](=O)[O-])c3)C(=O)C2C(c2ccccc2)N1C(=O)c1ccccc1. The molecule has 180 valence electrons. The maximum Gasteiger partial charge on any atom is 0.271 e. The van der Waals surface area contributed by atoms with Crippen molar-refractivity contribution in [3.8, 4) is 0 Å². The average Bonchev–Trinajstić information content (AvgIpc) is 3.37. The Morgan fingerprint density at radius 1 is 0.833 bits per heavy atom. The highest BCUT2D eigenvalue weighted by Gasteiger charge is 2.65. The Balaban J connectivity index is 1.66. The predicted molar refractivity (Wildman–Crippen MR) is 127 cm³/mol. The lowest BCUT2D eigenvalue weighted by Crippen LogP contribution is -2.50. The van der Waals surface area contributed by atoms with Crippen LogP contribution < -0.4 is 10.6 Å². The van der Waals surface area contributed by atoms with Crippen molar-refractivity contribution < 1.29 is 24.1 Å². The van der Waals surface area contributed by atoms with Crippen LogP contribution in [0.25, 0.3) is 0 Å². The number of nitro groups is 1. The number of non-ortho nitro benzene ring substituents is 1. The number of likely N-dealkylation sites (tertiary alicyclic amines) is 1. The molecule has 4 unspecified atom stereocenters. The van der Waals surface area contributed by atoms with Crippen molar-refractivity contribution in [2.45, 2.75) is 12.1 Å². The predicted octanol–water partition coefficient (Wildman–Crippen LogP) is 2.45. The Morgan fingerprint density at radius 2 is 1.44 bits per heavy atom. The highest BCUT2D eigenvalue weighted by atomic mass is 16.6. The largest absolute Gasteiger partial charge is 0.368 e. The third-order valence-corrected chi connectivity index (χ3v) is 6.66. The van der Waals surface area contributed by atoms with E-state index in [1.165, 1.54) is 23.1 Å². The molecule has 5 rings (SSSR count). The molecule has 0 saturated carbocycles. The van der Waals surface area contributed by atoms with Crippen molar-refractivity contribution >= 4 is 35.0 Å². The van der Waals surface area contributed by atoms with Gasteiger partial charge in [-0.1, -0.05) is 54.6 Å². The summed E-state index contributed by atoms with van der Waals surface area (Å²) in [5.74, 6) is -5.20. The molecule has 0 radical (unpaired) electrons. The molecule has 10 heteroatoms. The summed E-state index contributed by atoms with van der Waals surface area (Å²) < 4.78 is 0. The van der Waals surface area contributed by atoms with Gasteiger partial charge in [-0.15, -0.1) is 0 Å². The zero-order valence-corrected chi connectivity index (χ0v) is 18.8. The maximum atomic E-state index is 13.8. The molecule has 2 aliphatic heterocycles. The van der Waals surface area contributed by atoms with Gasteiger partial charge < -0.3 is 10.6 Å². The third kappa shape index (κ3) is 3.50. The minimum absolute atomic E-state index is 0.0181. The fourth-order valence-corrected chi connectivity index (χ4v) is 5.21. The molecule has 0 bridgehead atoms. The fraction of sp³-hybridized carbons (Fsp3) is 0.154. The molecule has 4 amide bonds. The number of anilines is 1. The summed E-state index contributed by atoms with van der Waals surface area (Å²) in [6.45, 7) is 0. The standard InChI is InChI=1S/C26H20N4O6/c27-23(31)22-20-19(25(33)28(26(20)34)17-12-7-13-18(14-17)30(35)36)21(15-8-3-1-4-9-15)29(22)24(32)16-10-5-2-6-11-16/h1-14,19-22H,(H2,27,31). The van der Waals surface area contributed by atoms with E-state index in [0.29, 0.717) is 5.56 Å². The number of primary amides is 1. The van der Waals surface area contributed by atoms with E-state index in [4.69, 9.17) is 5.73 Å². The second kappa shape index (κ2) is 8.73. The molecule has 2 aliphatic rings. The Hall–Kier alpha value is -4.86. The monoisotopic (exact) mass is 484 g/mol. The number of rotatable bonds is 5. The summed E-state index contributed by atoms with van der Waals surface area (Å²) in [7, 11) is 0. The number of carbonyl (C=O) groups excluding carboxylic acids is 4. The number of carbonyl (C=O) groups is 4. The van der Waals surface area contributed by atoms with Crippen molar-refractivity contribution in [2.24, 2.45) is 17.6 Å². The van der Waals surface area contributed by atoms with E-state index in [-0.39, 0.29) is 16.9 Å². The van der Waals surface area contributed by atoms with Crippen LogP contribution in [0.15, 0.2) is 84.9 Å². The summed E-state index contributed by atoms with van der Waals surface area (Å²) in [5, 5.41) is 11.3. The Bertz CT molecular complexity index is 1390. The van der Waals surface area contributed by atoms with Gasteiger partial charge in [-0.3, -0.25) is 29.3 Å². The van der Waals surface area contributed by atoms with Crippen LogP contribution in [0.4, 0.5) is 11.4 Å². The lowest BCUT2D eigenvalue weighted by Gasteiger charge is -2.32. The van der Waals surface area contributed by atoms with Gasteiger partial charge in [-0.25, -0.2) is 4.90 Å². The lowest BCUT2D eigenvalue weighted by atomic mass is 9.86. The number of imide groups is 1. The first kappa shape index (κ1) is 22.9. The topological polar surface area (TPSA) is 144 Å². The van der Waals surface area contributed by atoms with Crippen LogP contribution in [0.5, 0.6) is 0 Å². The number of nitrogens with zero attached hydrogens (tertiary/aromatic N) is 3. The van der Waals surface area contributed by atoms with Gasteiger partial charge in [0.25, 0.3) is 11.6 Å². The molecule has 0 spiro atoms. The molecular weight excluding hydrogens is 464 g/mol. The first-order chi connectivity index (χ1) is 17.3. The maximum absolute atomic E-state index is 13.8. The van der Waals surface area contributed by atoms with E-state index in [2.05, 4.69) is 0 Å². The van der Waals surface area contributed by atoms with Crippen LogP contribution in [-0.4, -0.2) is 39.5 Å². The minimum Gasteiger partial charge on any atom is -0.368 e. The van der Waals surface area contributed by atoms with E-state index < -0.39 is 52.5 Å². The van der Waals surface area contributed by atoms with E-state index in [0.717, 1.165) is 11.0 Å². The van der Waals surface area contributed by atoms with Crippen LogP contribution in [-0.2, 0) is 14.4 Å². The zero-order valence-electron chi connectivity index (χ0n) is 18.8. The molecule has 36 heavy (non-hydrogen) atoms. The summed E-state index contributed by atoms with van der Waals surface area (Å²) in [6.07, 6.45) is 0. The number of hydrogen-bond donors (Lipinski definition) is 1. The zero-order chi connectivity index (χ0) is 25.6. The van der Waals surface area contributed by atoms with Crippen molar-refractivity contribution in [3.05, 3.63) is 106 Å².